The van der Waals surface area contributed by atoms with Crippen LogP contribution in [0, 0.1) is 0 Å². The van der Waals surface area contributed by atoms with E-state index in [1.54, 1.807) is 0 Å². The van der Waals surface area contributed by atoms with E-state index < -0.39 is 11.7 Å². The minimum Gasteiger partial charge on any atom is -0.478 e. The fourth-order valence-electron chi connectivity index (χ4n) is 2.66. The molecule has 3 rings (SSSR count). The molecule has 0 amide bonds. The fraction of sp³-hybridized carbons (Fsp3) is 0.308. The minimum absolute atomic E-state index is 0.578. The molecule has 3 N–H and O–H groups in total. The van der Waals surface area contributed by atoms with E-state index >= 15 is 0 Å². The first kappa shape index (κ1) is 11.3. The summed E-state index contributed by atoms with van der Waals surface area (Å²) in [7, 11) is 1.40. The van der Waals surface area contributed by atoms with Crippen LogP contribution in [-0.4, -0.2) is 29.7 Å². The van der Waals surface area contributed by atoms with Gasteiger partial charge >= 0.3 is 5.97 Å². The molecule has 1 aliphatic heterocycles. The highest BCUT2D eigenvalue weighted by atomic mass is 16.5. The van der Waals surface area contributed by atoms with Gasteiger partial charge in [-0.1, -0.05) is 18.2 Å². The zero-order valence-corrected chi connectivity index (χ0v) is 9.99. The number of methoxy groups -OCH3 is 1. The molecule has 0 aliphatic carbocycles. The van der Waals surface area contributed by atoms with Crippen LogP contribution in [0.15, 0.2) is 24.3 Å². The maximum atomic E-state index is 11.5. The summed E-state index contributed by atoms with van der Waals surface area (Å²) in [5.74, 6) is -1.03. The maximum absolute atomic E-state index is 11.5. The second-order valence-electron chi connectivity index (χ2n) is 4.39. The van der Waals surface area contributed by atoms with Gasteiger partial charge in [0.25, 0.3) is 5.72 Å². The van der Waals surface area contributed by atoms with Gasteiger partial charge in [-0.3, -0.25) is 5.32 Å². The normalized spacial score (nSPS) is 22.9. The number of carboxylic acid groups (broad SMARTS) is 1. The second kappa shape index (κ2) is 3.83. The molecule has 0 saturated carbocycles. The minimum atomic E-state index is -1.47. The van der Waals surface area contributed by atoms with E-state index in [2.05, 4.69) is 10.3 Å². The monoisotopic (exact) mass is 246 g/mol. The highest BCUT2D eigenvalue weighted by Crippen LogP contribution is 2.34. The predicted octanol–water partition coefficient (Wildman–Crippen LogP) is 1.20. The van der Waals surface area contributed by atoms with Crippen molar-refractivity contribution >= 4 is 16.9 Å². The molecule has 2 heterocycles. The van der Waals surface area contributed by atoms with Crippen LogP contribution >= 0.6 is 0 Å². The van der Waals surface area contributed by atoms with Crippen molar-refractivity contribution in [1.82, 2.24) is 10.3 Å². The van der Waals surface area contributed by atoms with Gasteiger partial charge < -0.3 is 14.8 Å². The van der Waals surface area contributed by atoms with Crippen molar-refractivity contribution in [1.29, 1.82) is 0 Å². The molecule has 94 valence electrons. The molecule has 0 radical (unpaired) electrons. The molecule has 0 saturated heterocycles. The lowest BCUT2D eigenvalue weighted by Crippen LogP contribution is -2.54. The summed E-state index contributed by atoms with van der Waals surface area (Å²) in [6.45, 7) is 0.578. The molecule has 5 nitrogen and oxygen atoms in total. The van der Waals surface area contributed by atoms with E-state index in [4.69, 9.17) is 4.74 Å². The van der Waals surface area contributed by atoms with Gasteiger partial charge in [0.05, 0.1) is 5.69 Å². The van der Waals surface area contributed by atoms with E-state index in [-0.39, 0.29) is 0 Å². The topological polar surface area (TPSA) is 74.3 Å². The zero-order chi connectivity index (χ0) is 12.8. The number of aliphatic carboxylic acids is 1. The van der Waals surface area contributed by atoms with Crippen molar-refractivity contribution in [2.45, 2.75) is 12.1 Å². The molecule has 5 heteroatoms. The second-order valence-corrected chi connectivity index (χ2v) is 4.39. The van der Waals surface area contributed by atoms with Crippen LogP contribution in [0.3, 0.4) is 0 Å². The lowest BCUT2D eigenvalue weighted by molar-refractivity contribution is -0.170. The third kappa shape index (κ3) is 1.31. The van der Waals surface area contributed by atoms with Crippen molar-refractivity contribution in [3.05, 3.63) is 35.5 Å². The van der Waals surface area contributed by atoms with E-state index in [1.807, 2.05) is 24.3 Å². The van der Waals surface area contributed by atoms with Gasteiger partial charge in [-0.05, 0) is 18.1 Å². The molecular formula is C13H14N2O3. The van der Waals surface area contributed by atoms with Crippen molar-refractivity contribution in [2.24, 2.45) is 0 Å². The van der Waals surface area contributed by atoms with Crippen LogP contribution in [0.2, 0.25) is 0 Å². The third-order valence-electron chi connectivity index (χ3n) is 3.52. The molecule has 1 aromatic heterocycles. The smallest absolute Gasteiger partial charge is 0.358 e. The van der Waals surface area contributed by atoms with E-state index in [1.165, 1.54) is 7.11 Å². The lowest BCUT2D eigenvalue weighted by atomic mass is 9.96. The van der Waals surface area contributed by atoms with Crippen LogP contribution in [0.5, 0.6) is 0 Å². The first-order chi connectivity index (χ1) is 8.69. The zero-order valence-electron chi connectivity index (χ0n) is 9.99. The Morgan fingerprint density at radius 2 is 2.22 bits per heavy atom. The van der Waals surface area contributed by atoms with Gasteiger partial charge in [0, 0.05) is 24.6 Å². The third-order valence-corrected chi connectivity index (χ3v) is 3.52. The first-order valence-electron chi connectivity index (χ1n) is 5.82. The van der Waals surface area contributed by atoms with Crippen LogP contribution in [-0.2, 0) is 21.7 Å². The molecule has 1 aliphatic rings. The number of aromatic nitrogens is 1. The first-order valence-corrected chi connectivity index (χ1v) is 5.82. The molecule has 18 heavy (non-hydrogen) atoms. The largest absolute Gasteiger partial charge is 0.478 e. The molecular weight excluding hydrogens is 232 g/mol. The highest BCUT2D eigenvalue weighted by Gasteiger charge is 2.46. The standard InChI is InChI=1S/C13H14N2O3/c1-18-13(12(16)17)11-9(6-7-14-13)8-4-2-3-5-10(8)15-11/h2-5,14-15H,6-7H2,1H3,(H,16,17)/t13-/m0/s1. The Morgan fingerprint density at radius 1 is 1.44 bits per heavy atom. The molecule has 0 spiro atoms. The SMILES string of the molecule is CO[C@@]1(C(=O)O)NCCc2c1[nH]c1ccccc21. The summed E-state index contributed by atoms with van der Waals surface area (Å²) in [4.78, 5) is 14.7. The Bertz CT molecular complexity index is 620. The average molecular weight is 246 g/mol. The van der Waals surface area contributed by atoms with E-state index in [0.29, 0.717) is 12.2 Å². The fourth-order valence-corrected chi connectivity index (χ4v) is 2.66. The Hall–Kier alpha value is -1.85. The number of para-hydroxylation sites is 1. The van der Waals surface area contributed by atoms with Crippen molar-refractivity contribution in [2.75, 3.05) is 13.7 Å². The number of rotatable bonds is 2. The number of hydrogen-bond acceptors (Lipinski definition) is 3. The predicted molar refractivity (Wildman–Crippen MR) is 66.3 cm³/mol. The number of H-pyrrole nitrogens is 1. The molecule has 0 fully saturated rings. The summed E-state index contributed by atoms with van der Waals surface area (Å²) in [6, 6.07) is 7.81. The molecule has 2 aromatic rings. The maximum Gasteiger partial charge on any atom is 0.358 e. The number of nitrogens with one attached hydrogen (secondary N) is 2. The van der Waals surface area contributed by atoms with Crippen LogP contribution in [0.25, 0.3) is 10.9 Å². The Morgan fingerprint density at radius 3 is 2.94 bits per heavy atom. The molecule has 0 unspecified atom stereocenters. The number of benzene rings is 1. The summed E-state index contributed by atoms with van der Waals surface area (Å²) < 4.78 is 5.25. The Balaban J connectivity index is 2.31. The van der Waals surface area contributed by atoms with Crippen molar-refractivity contribution < 1.29 is 14.6 Å². The summed E-state index contributed by atoms with van der Waals surface area (Å²) >= 11 is 0. The molecule has 1 atom stereocenters. The van der Waals surface area contributed by atoms with Gasteiger partial charge in [-0.15, -0.1) is 0 Å². The van der Waals surface area contributed by atoms with Gasteiger partial charge in [-0.2, -0.15) is 0 Å². The van der Waals surface area contributed by atoms with Gasteiger partial charge in [0.2, 0.25) is 0 Å². The van der Waals surface area contributed by atoms with Gasteiger partial charge in [-0.25, -0.2) is 4.79 Å². The van der Waals surface area contributed by atoms with Crippen molar-refractivity contribution in [3.8, 4) is 0 Å². The highest BCUT2D eigenvalue weighted by molar-refractivity contribution is 5.89. The van der Waals surface area contributed by atoms with Crippen LogP contribution < -0.4 is 5.32 Å². The molecule has 0 bridgehead atoms. The average Bonchev–Trinajstić information content (AvgIpc) is 2.77. The number of fused-ring (bicyclic) bond motifs is 3. The molecule has 1 aromatic carbocycles. The number of hydrogen-bond donors (Lipinski definition) is 3. The summed E-state index contributed by atoms with van der Waals surface area (Å²) in [6.07, 6.45) is 0.789. The number of carbonyl (C=O) groups is 1. The number of carboxylic acids is 1. The van der Waals surface area contributed by atoms with E-state index in [0.717, 1.165) is 22.9 Å². The van der Waals surface area contributed by atoms with Gasteiger partial charge in [0.1, 0.15) is 0 Å². The van der Waals surface area contributed by atoms with E-state index in [9.17, 15) is 9.90 Å². The lowest BCUT2D eigenvalue weighted by Gasteiger charge is -2.32. The Labute approximate surface area is 104 Å². The van der Waals surface area contributed by atoms with Crippen molar-refractivity contribution in [3.63, 3.8) is 0 Å². The van der Waals surface area contributed by atoms with Crippen LogP contribution in [0.4, 0.5) is 0 Å². The Kier molecular flexibility index (Phi) is 2.39. The van der Waals surface area contributed by atoms with Gasteiger partial charge in [0.15, 0.2) is 0 Å². The summed E-state index contributed by atoms with van der Waals surface area (Å²) in [5.41, 5.74) is 1.10. The quantitative estimate of drug-likeness (QED) is 0.744. The van der Waals surface area contributed by atoms with Crippen LogP contribution in [0.1, 0.15) is 11.3 Å². The summed E-state index contributed by atoms with van der Waals surface area (Å²) in [5, 5.41) is 13.5. The number of ether oxygens (including phenoxy) is 1. The number of aromatic amines is 1.